The summed E-state index contributed by atoms with van der Waals surface area (Å²) in [6.45, 7) is 9.86. The molecular formula is C14H29ClN2O2. The fourth-order valence-electron chi connectivity index (χ4n) is 2.40. The summed E-state index contributed by atoms with van der Waals surface area (Å²) in [5.74, 6) is 0.650. The summed E-state index contributed by atoms with van der Waals surface area (Å²) in [6.07, 6.45) is 2.93. The van der Waals surface area contributed by atoms with E-state index in [4.69, 9.17) is 4.74 Å². The van der Waals surface area contributed by atoms with Gasteiger partial charge in [0.15, 0.2) is 0 Å². The summed E-state index contributed by atoms with van der Waals surface area (Å²) in [5, 5.41) is 3.38. The largest absolute Gasteiger partial charge is 0.466 e. The zero-order valence-corrected chi connectivity index (χ0v) is 13.5. The minimum atomic E-state index is -0.128. The Morgan fingerprint density at radius 2 is 1.95 bits per heavy atom. The van der Waals surface area contributed by atoms with E-state index < -0.39 is 0 Å². The molecule has 1 aliphatic heterocycles. The first-order valence-electron chi connectivity index (χ1n) is 7.03. The molecule has 0 unspecified atom stereocenters. The highest BCUT2D eigenvalue weighted by atomic mass is 35.5. The molecule has 4 nitrogen and oxygen atoms in total. The van der Waals surface area contributed by atoms with E-state index in [1.165, 1.54) is 12.8 Å². The van der Waals surface area contributed by atoms with Crippen LogP contribution in [0.15, 0.2) is 0 Å². The third kappa shape index (κ3) is 6.59. The molecule has 1 saturated heterocycles. The predicted octanol–water partition coefficient (Wildman–Crippen LogP) is 2.07. The molecule has 0 radical (unpaired) electrons. The third-order valence-electron chi connectivity index (χ3n) is 3.91. The molecule has 1 rings (SSSR count). The zero-order chi connectivity index (χ0) is 13.6. The first-order chi connectivity index (χ1) is 8.45. The maximum Gasteiger partial charge on any atom is 0.307 e. The van der Waals surface area contributed by atoms with E-state index in [0.717, 1.165) is 25.6 Å². The van der Waals surface area contributed by atoms with Crippen molar-refractivity contribution in [1.29, 1.82) is 0 Å². The van der Waals surface area contributed by atoms with Crippen LogP contribution in [0.2, 0.25) is 0 Å². The third-order valence-corrected chi connectivity index (χ3v) is 3.91. The predicted molar refractivity (Wildman–Crippen MR) is 80.8 cm³/mol. The average Bonchev–Trinajstić information content (AvgIpc) is 2.29. The van der Waals surface area contributed by atoms with Crippen molar-refractivity contribution < 1.29 is 9.53 Å². The average molecular weight is 293 g/mol. The fourth-order valence-corrected chi connectivity index (χ4v) is 2.40. The van der Waals surface area contributed by atoms with Crippen molar-refractivity contribution in [1.82, 2.24) is 10.2 Å². The summed E-state index contributed by atoms with van der Waals surface area (Å²) >= 11 is 0. The Bertz CT molecular complexity index is 266. The summed E-state index contributed by atoms with van der Waals surface area (Å²) < 4.78 is 5.04. The van der Waals surface area contributed by atoms with Gasteiger partial charge in [0.1, 0.15) is 0 Å². The fraction of sp³-hybridized carbons (Fsp3) is 0.929. The van der Waals surface area contributed by atoms with E-state index in [1.54, 1.807) is 0 Å². The number of hydrogen-bond donors (Lipinski definition) is 1. The monoisotopic (exact) mass is 292 g/mol. The molecule has 0 spiro atoms. The van der Waals surface area contributed by atoms with Crippen LogP contribution in [0, 0.1) is 5.92 Å². The van der Waals surface area contributed by atoms with Gasteiger partial charge in [-0.15, -0.1) is 12.4 Å². The van der Waals surface area contributed by atoms with E-state index in [1.807, 2.05) is 6.92 Å². The van der Waals surface area contributed by atoms with Crippen LogP contribution in [-0.2, 0) is 9.53 Å². The van der Waals surface area contributed by atoms with Crippen molar-refractivity contribution in [3.63, 3.8) is 0 Å². The molecule has 0 saturated carbocycles. The Labute approximate surface area is 123 Å². The van der Waals surface area contributed by atoms with Gasteiger partial charge in [0.25, 0.3) is 0 Å². The summed E-state index contributed by atoms with van der Waals surface area (Å²) in [4.78, 5) is 13.9. The minimum absolute atomic E-state index is 0. The van der Waals surface area contributed by atoms with Gasteiger partial charge in [0.2, 0.25) is 0 Å². The van der Waals surface area contributed by atoms with Gasteiger partial charge in [-0.3, -0.25) is 4.79 Å². The number of halogens is 1. The molecule has 1 heterocycles. The van der Waals surface area contributed by atoms with Crippen molar-refractivity contribution in [3.05, 3.63) is 0 Å². The molecule has 0 aromatic heterocycles. The lowest BCUT2D eigenvalue weighted by atomic mass is 9.93. The number of hydrogen-bond acceptors (Lipinski definition) is 4. The highest BCUT2D eigenvalue weighted by Crippen LogP contribution is 2.22. The number of carbonyl (C=O) groups excluding carboxylic acids is 1. The number of nitrogens with zero attached hydrogens (tertiary/aromatic N) is 1. The lowest BCUT2D eigenvalue weighted by molar-refractivity contribution is -0.146. The van der Waals surface area contributed by atoms with Crippen LogP contribution in [0.3, 0.4) is 0 Å². The van der Waals surface area contributed by atoms with Gasteiger partial charge in [-0.05, 0) is 59.7 Å². The molecule has 0 bridgehead atoms. The van der Waals surface area contributed by atoms with Crippen molar-refractivity contribution in [2.45, 2.75) is 45.6 Å². The molecule has 1 N–H and O–H groups in total. The van der Waals surface area contributed by atoms with Gasteiger partial charge in [-0.25, -0.2) is 0 Å². The second kappa shape index (κ2) is 8.77. The second-order valence-corrected chi connectivity index (χ2v) is 5.87. The smallest absolute Gasteiger partial charge is 0.307 e. The number of esters is 1. The molecule has 1 aliphatic rings. The standard InChI is InChI=1S/C14H28N2O2.ClH/c1-5-18-13(17)10-14(2,3)16(4)11-12-6-8-15-9-7-12;/h12,15H,5-11H2,1-4H3;1H. The van der Waals surface area contributed by atoms with Gasteiger partial charge in [0.05, 0.1) is 13.0 Å². The van der Waals surface area contributed by atoms with E-state index >= 15 is 0 Å². The van der Waals surface area contributed by atoms with Crippen molar-refractivity contribution in [3.8, 4) is 0 Å². The van der Waals surface area contributed by atoms with Crippen molar-refractivity contribution in [2.24, 2.45) is 5.92 Å². The van der Waals surface area contributed by atoms with Gasteiger partial charge in [-0.2, -0.15) is 0 Å². The highest BCUT2D eigenvalue weighted by molar-refractivity contribution is 5.85. The molecule has 5 heteroatoms. The molecule has 0 aromatic rings. The highest BCUT2D eigenvalue weighted by Gasteiger charge is 2.29. The lowest BCUT2D eigenvalue weighted by Crippen LogP contribution is -2.46. The van der Waals surface area contributed by atoms with Crippen LogP contribution < -0.4 is 5.32 Å². The van der Waals surface area contributed by atoms with E-state index in [2.05, 4.69) is 31.1 Å². The number of piperidine rings is 1. The van der Waals surface area contributed by atoms with Crippen LogP contribution in [0.4, 0.5) is 0 Å². The number of carbonyl (C=O) groups is 1. The molecule has 0 amide bonds. The Morgan fingerprint density at radius 3 is 2.47 bits per heavy atom. The topological polar surface area (TPSA) is 41.6 Å². The van der Waals surface area contributed by atoms with E-state index in [0.29, 0.717) is 13.0 Å². The van der Waals surface area contributed by atoms with Crippen LogP contribution in [-0.4, -0.2) is 49.7 Å². The van der Waals surface area contributed by atoms with Crippen LogP contribution in [0.25, 0.3) is 0 Å². The second-order valence-electron chi connectivity index (χ2n) is 5.87. The van der Waals surface area contributed by atoms with Gasteiger partial charge < -0.3 is 15.0 Å². The number of ether oxygens (including phenoxy) is 1. The molecular weight excluding hydrogens is 264 g/mol. The molecule has 0 aromatic carbocycles. The van der Waals surface area contributed by atoms with E-state index in [9.17, 15) is 4.79 Å². The summed E-state index contributed by atoms with van der Waals surface area (Å²) in [7, 11) is 2.11. The Kier molecular flexibility index (Phi) is 8.62. The summed E-state index contributed by atoms with van der Waals surface area (Å²) in [5.41, 5.74) is -0.128. The van der Waals surface area contributed by atoms with Crippen LogP contribution in [0.1, 0.15) is 40.0 Å². The SMILES string of the molecule is CCOC(=O)CC(C)(C)N(C)CC1CCNCC1.Cl. The maximum absolute atomic E-state index is 11.6. The molecule has 0 atom stereocenters. The Balaban J connectivity index is 0.00000324. The summed E-state index contributed by atoms with van der Waals surface area (Å²) in [6, 6.07) is 0. The van der Waals surface area contributed by atoms with Crippen LogP contribution >= 0.6 is 12.4 Å². The zero-order valence-electron chi connectivity index (χ0n) is 12.7. The van der Waals surface area contributed by atoms with Crippen molar-refractivity contribution >= 4 is 18.4 Å². The quantitative estimate of drug-likeness (QED) is 0.761. The minimum Gasteiger partial charge on any atom is -0.466 e. The number of nitrogens with one attached hydrogen (secondary N) is 1. The van der Waals surface area contributed by atoms with Crippen molar-refractivity contribution in [2.75, 3.05) is 33.3 Å². The first kappa shape index (κ1) is 18.7. The number of rotatable bonds is 6. The molecule has 114 valence electrons. The Hall–Kier alpha value is -0.320. The molecule has 19 heavy (non-hydrogen) atoms. The van der Waals surface area contributed by atoms with E-state index in [-0.39, 0.29) is 23.9 Å². The normalized spacial score (nSPS) is 17.1. The molecule has 0 aliphatic carbocycles. The lowest BCUT2D eigenvalue weighted by Gasteiger charge is -2.38. The molecule has 1 fully saturated rings. The Morgan fingerprint density at radius 1 is 1.37 bits per heavy atom. The maximum atomic E-state index is 11.6. The van der Waals surface area contributed by atoms with Crippen LogP contribution in [0.5, 0.6) is 0 Å². The first-order valence-corrected chi connectivity index (χ1v) is 7.03. The van der Waals surface area contributed by atoms with Gasteiger partial charge >= 0.3 is 5.97 Å². The van der Waals surface area contributed by atoms with Gasteiger partial charge in [0, 0.05) is 12.1 Å². The van der Waals surface area contributed by atoms with Gasteiger partial charge in [-0.1, -0.05) is 0 Å².